The third-order valence-electron chi connectivity index (χ3n) is 9.10. The van der Waals surface area contributed by atoms with Crippen LogP contribution in [-0.2, 0) is 13.0 Å². The van der Waals surface area contributed by atoms with Crippen molar-refractivity contribution in [3.05, 3.63) is 99.0 Å². The number of fused-ring (bicyclic) bond motifs is 2. The monoisotopic (exact) mass is 629 g/mol. The minimum atomic E-state index is -1.05. The minimum Gasteiger partial charge on any atom is -0.478 e. The quantitative estimate of drug-likeness (QED) is 0.207. The number of aromatic nitrogens is 3. The average molecular weight is 630 g/mol. The Morgan fingerprint density at radius 3 is 2.48 bits per heavy atom. The van der Waals surface area contributed by atoms with Crippen LogP contribution < -0.4 is 10.6 Å². The highest BCUT2D eigenvalue weighted by molar-refractivity contribution is 6.04. The maximum absolute atomic E-state index is 13.8. The summed E-state index contributed by atoms with van der Waals surface area (Å²) in [5.41, 5.74) is 2.97. The van der Waals surface area contributed by atoms with Crippen LogP contribution in [0.1, 0.15) is 115 Å². The molecular formula is C34H33F2N5O5. The lowest BCUT2D eigenvalue weighted by Crippen LogP contribution is -2.31. The molecule has 2 amide bonds. The smallest absolute Gasteiger partial charge is 0.335 e. The number of nitrogens with one attached hydrogen (secondary N) is 2. The van der Waals surface area contributed by atoms with Crippen molar-refractivity contribution in [2.45, 2.75) is 70.9 Å². The summed E-state index contributed by atoms with van der Waals surface area (Å²) in [6.45, 7) is 1.62. The van der Waals surface area contributed by atoms with Crippen molar-refractivity contribution in [2.75, 3.05) is 0 Å². The second-order valence-corrected chi connectivity index (χ2v) is 12.1. The van der Waals surface area contributed by atoms with Gasteiger partial charge in [0.2, 0.25) is 0 Å². The molecule has 2 heterocycles. The van der Waals surface area contributed by atoms with Crippen molar-refractivity contribution in [2.24, 2.45) is 5.92 Å². The van der Waals surface area contributed by atoms with Gasteiger partial charge >= 0.3 is 5.97 Å². The van der Waals surface area contributed by atoms with Gasteiger partial charge in [-0.3, -0.25) is 14.4 Å². The van der Waals surface area contributed by atoms with Crippen LogP contribution in [0, 0.1) is 24.5 Å². The fourth-order valence-electron chi connectivity index (χ4n) is 6.62. The number of aromatic carboxylic acids is 1. The number of Topliss-reactive ketones (excluding diaryl/α,β-unsaturated/α-hetero) is 1. The Balaban J connectivity index is 1.31. The molecule has 0 saturated heterocycles. The van der Waals surface area contributed by atoms with Crippen LogP contribution in [-0.4, -0.2) is 43.3 Å². The molecule has 6 rings (SSSR count). The summed E-state index contributed by atoms with van der Waals surface area (Å²) < 4.78 is 28.4. The number of carboxylic acid groups (broad SMARTS) is 1. The number of amides is 2. The third-order valence-corrected chi connectivity index (χ3v) is 9.10. The van der Waals surface area contributed by atoms with Gasteiger partial charge in [0.25, 0.3) is 11.8 Å². The van der Waals surface area contributed by atoms with Crippen molar-refractivity contribution in [3.8, 4) is 0 Å². The second-order valence-electron chi connectivity index (χ2n) is 12.1. The molecule has 2 aromatic heterocycles. The van der Waals surface area contributed by atoms with Gasteiger partial charge in [0.15, 0.2) is 23.1 Å². The van der Waals surface area contributed by atoms with Gasteiger partial charge in [-0.2, -0.15) is 5.10 Å². The van der Waals surface area contributed by atoms with Crippen LogP contribution in [0.15, 0.2) is 42.6 Å². The summed E-state index contributed by atoms with van der Waals surface area (Å²) in [6.07, 6.45) is 8.01. The number of carbonyl (C=O) groups is 4. The molecule has 3 N–H and O–H groups in total. The Hall–Kier alpha value is -5.00. The van der Waals surface area contributed by atoms with E-state index in [1.807, 2.05) is 0 Å². The molecule has 10 nitrogen and oxygen atoms in total. The van der Waals surface area contributed by atoms with E-state index in [-0.39, 0.29) is 46.4 Å². The van der Waals surface area contributed by atoms with Crippen molar-refractivity contribution < 1.29 is 33.1 Å². The highest BCUT2D eigenvalue weighted by Crippen LogP contribution is 2.35. The predicted octanol–water partition coefficient (Wildman–Crippen LogP) is 5.51. The molecule has 12 heteroatoms. The zero-order valence-corrected chi connectivity index (χ0v) is 25.2. The summed E-state index contributed by atoms with van der Waals surface area (Å²) in [4.78, 5) is 56.6. The third kappa shape index (κ3) is 6.11. The molecule has 2 aliphatic rings. The molecule has 238 valence electrons. The second kappa shape index (κ2) is 12.8. The van der Waals surface area contributed by atoms with Crippen molar-refractivity contribution in [1.82, 2.24) is 25.2 Å². The maximum atomic E-state index is 13.8. The molecule has 0 bridgehead atoms. The van der Waals surface area contributed by atoms with Gasteiger partial charge in [-0.1, -0.05) is 44.2 Å². The summed E-state index contributed by atoms with van der Waals surface area (Å²) in [5, 5.41) is 19.5. The van der Waals surface area contributed by atoms with Crippen LogP contribution in [0.2, 0.25) is 0 Å². The van der Waals surface area contributed by atoms with E-state index in [0.29, 0.717) is 30.4 Å². The first-order valence-electron chi connectivity index (χ1n) is 15.4. The molecular weight excluding hydrogens is 596 g/mol. The molecule has 4 aromatic rings. The standard InChI is InChI=1S/C34H33F2N5O5/c1-18-21-10-12-27(23(21)9-8-22(18)34(45)46)40-33(44)29-15-28(32(43)37-16-20-7-11-25(35)26(36)13-20)39-31-24(17-38-41(29)31)30(42)14-19-5-3-2-4-6-19/h7-9,11,13,15,17,19,27H,2-6,10,12,14,16H2,1H3,(H,37,43)(H,40,44)(H,45,46)/t27-/m0/s1. The van der Waals surface area contributed by atoms with Crippen LogP contribution in [0.5, 0.6) is 0 Å². The fraction of sp³-hybridized carbons (Fsp3) is 0.353. The summed E-state index contributed by atoms with van der Waals surface area (Å²) in [6, 6.07) is 7.38. The zero-order chi connectivity index (χ0) is 32.5. The molecule has 46 heavy (non-hydrogen) atoms. The number of nitrogens with zero attached hydrogens (tertiary/aromatic N) is 3. The molecule has 1 atom stereocenters. The van der Waals surface area contributed by atoms with E-state index >= 15 is 0 Å². The minimum absolute atomic E-state index is 0.0213. The van der Waals surface area contributed by atoms with E-state index in [1.54, 1.807) is 13.0 Å². The molecule has 2 aromatic carbocycles. The Bertz CT molecular complexity index is 1880. The van der Waals surface area contributed by atoms with Gasteiger partial charge in [-0.15, -0.1) is 0 Å². The number of carboxylic acids is 1. The van der Waals surface area contributed by atoms with Gasteiger partial charge in [-0.05, 0) is 66.1 Å². The average Bonchev–Trinajstić information content (AvgIpc) is 3.66. The van der Waals surface area contributed by atoms with E-state index < -0.39 is 35.5 Å². The largest absolute Gasteiger partial charge is 0.478 e. The van der Waals surface area contributed by atoms with Crippen molar-refractivity contribution in [3.63, 3.8) is 0 Å². The normalized spacial score (nSPS) is 16.3. The number of carbonyl (C=O) groups excluding carboxylic acids is 3. The van der Waals surface area contributed by atoms with Gasteiger partial charge < -0.3 is 15.7 Å². The molecule has 0 radical (unpaired) electrons. The van der Waals surface area contributed by atoms with E-state index in [2.05, 4.69) is 20.7 Å². The van der Waals surface area contributed by atoms with Crippen molar-refractivity contribution >= 4 is 29.2 Å². The summed E-state index contributed by atoms with van der Waals surface area (Å²) in [5.74, 6) is -4.25. The lowest BCUT2D eigenvalue weighted by Gasteiger charge is -2.20. The van der Waals surface area contributed by atoms with E-state index in [4.69, 9.17) is 0 Å². The highest BCUT2D eigenvalue weighted by Gasteiger charge is 2.30. The van der Waals surface area contributed by atoms with Gasteiger partial charge in [-0.25, -0.2) is 23.1 Å². The molecule has 1 saturated carbocycles. The van der Waals surface area contributed by atoms with Gasteiger partial charge in [0, 0.05) is 19.0 Å². The van der Waals surface area contributed by atoms with Crippen molar-refractivity contribution in [1.29, 1.82) is 0 Å². The first-order chi connectivity index (χ1) is 22.1. The molecule has 2 aliphatic carbocycles. The summed E-state index contributed by atoms with van der Waals surface area (Å²) in [7, 11) is 0. The Labute approximate surface area is 263 Å². The highest BCUT2D eigenvalue weighted by atomic mass is 19.2. The SMILES string of the molecule is Cc1c(C(=O)O)ccc2c1CC[C@@H]2NC(=O)c1cc(C(=O)NCc2ccc(F)c(F)c2)nc2c(C(=O)CC3CCCCC3)cnn12. The summed E-state index contributed by atoms with van der Waals surface area (Å²) >= 11 is 0. The Kier molecular flexibility index (Phi) is 8.61. The molecule has 1 fully saturated rings. The molecule has 0 aliphatic heterocycles. The van der Waals surface area contributed by atoms with E-state index in [0.717, 1.165) is 55.4 Å². The van der Waals surface area contributed by atoms with Crippen LogP contribution in [0.25, 0.3) is 5.65 Å². The van der Waals surface area contributed by atoms with Gasteiger partial charge in [0.05, 0.1) is 23.4 Å². The zero-order valence-electron chi connectivity index (χ0n) is 25.2. The predicted molar refractivity (Wildman–Crippen MR) is 163 cm³/mol. The first kappa shape index (κ1) is 31.0. The number of ketones is 1. The van der Waals surface area contributed by atoms with Crippen LogP contribution in [0.3, 0.4) is 0 Å². The lowest BCUT2D eigenvalue weighted by molar-refractivity contribution is 0.0695. The molecule has 0 unspecified atom stereocenters. The van der Waals surface area contributed by atoms with Gasteiger partial charge in [0.1, 0.15) is 11.4 Å². The number of benzene rings is 2. The number of hydrogen-bond acceptors (Lipinski definition) is 6. The first-order valence-corrected chi connectivity index (χ1v) is 15.4. The lowest BCUT2D eigenvalue weighted by atomic mass is 9.85. The number of rotatable bonds is 9. The Morgan fingerprint density at radius 1 is 0.957 bits per heavy atom. The fourth-order valence-corrected chi connectivity index (χ4v) is 6.62. The maximum Gasteiger partial charge on any atom is 0.335 e. The Morgan fingerprint density at radius 2 is 1.74 bits per heavy atom. The van der Waals surface area contributed by atoms with E-state index in [1.165, 1.54) is 28.9 Å². The van der Waals surface area contributed by atoms with Crippen LogP contribution >= 0.6 is 0 Å². The van der Waals surface area contributed by atoms with E-state index in [9.17, 15) is 33.1 Å². The molecule has 0 spiro atoms. The number of halogens is 2. The van der Waals surface area contributed by atoms with Crippen LogP contribution in [0.4, 0.5) is 8.78 Å². The number of hydrogen-bond donors (Lipinski definition) is 3. The topological polar surface area (TPSA) is 143 Å².